The Morgan fingerprint density at radius 3 is 2.83 bits per heavy atom. The molecule has 1 saturated carbocycles. The van der Waals surface area contributed by atoms with Crippen LogP contribution < -0.4 is 0 Å². The highest BCUT2D eigenvalue weighted by molar-refractivity contribution is 14.1. The van der Waals surface area contributed by atoms with Gasteiger partial charge in [0.1, 0.15) is 9.22 Å². The summed E-state index contributed by atoms with van der Waals surface area (Å²) in [4.78, 5) is 17.5. The lowest BCUT2D eigenvalue weighted by Crippen LogP contribution is -2.20. The lowest BCUT2D eigenvalue weighted by molar-refractivity contribution is 0.0948. The smallest absolute Gasteiger partial charge is 0.267 e. The molecular weight excluding hydrogens is 425 g/mol. The largest absolute Gasteiger partial charge is 0.280 e. The second-order valence-electron chi connectivity index (χ2n) is 5.71. The highest BCUT2D eigenvalue weighted by atomic mass is 127. The van der Waals surface area contributed by atoms with Crippen LogP contribution >= 0.6 is 34.2 Å². The molecule has 2 aromatic heterocycles. The third-order valence-corrected chi connectivity index (χ3v) is 5.44. The predicted molar refractivity (Wildman–Crippen MR) is 98.0 cm³/mol. The van der Waals surface area contributed by atoms with Gasteiger partial charge in [0.25, 0.3) is 5.91 Å². The molecule has 1 aliphatic carbocycles. The number of aromatic nitrogens is 3. The van der Waals surface area contributed by atoms with Crippen LogP contribution in [-0.2, 0) is 0 Å². The molecule has 4 rings (SSSR count). The number of carbonyl (C=O) groups is 1. The van der Waals surface area contributed by atoms with E-state index < -0.39 is 0 Å². The number of fused-ring (bicyclic) bond motifs is 1. The maximum atomic E-state index is 13.1. The van der Waals surface area contributed by atoms with Crippen LogP contribution in [0, 0.1) is 3.70 Å². The van der Waals surface area contributed by atoms with Crippen molar-refractivity contribution in [2.45, 2.75) is 25.2 Å². The van der Waals surface area contributed by atoms with Gasteiger partial charge in [-0.25, -0.2) is 0 Å². The van der Waals surface area contributed by atoms with Crippen LogP contribution in [0.15, 0.2) is 36.5 Å². The quantitative estimate of drug-likeness (QED) is 0.549. The molecule has 4 nitrogen and oxygen atoms in total. The highest BCUT2D eigenvalue weighted by Gasteiger charge is 2.28. The Labute approximate surface area is 152 Å². The molecule has 0 radical (unpaired) electrons. The van der Waals surface area contributed by atoms with Gasteiger partial charge in [-0.1, -0.05) is 30.2 Å². The summed E-state index contributed by atoms with van der Waals surface area (Å²) >= 11 is 8.48. The zero-order chi connectivity index (χ0) is 16.0. The van der Waals surface area contributed by atoms with Crippen LogP contribution in [0.4, 0.5) is 0 Å². The van der Waals surface area contributed by atoms with Gasteiger partial charge in [-0.05, 0) is 65.1 Å². The van der Waals surface area contributed by atoms with Gasteiger partial charge in [-0.15, -0.1) is 0 Å². The molecule has 0 saturated heterocycles. The minimum Gasteiger partial charge on any atom is -0.267 e. The molecule has 0 N–H and O–H groups in total. The summed E-state index contributed by atoms with van der Waals surface area (Å²) in [5.74, 6) is 0.241. The van der Waals surface area contributed by atoms with E-state index in [2.05, 4.69) is 32.7 Å². The number of benzene rings is 1. The molecule has 0 bridgehead atoms. The molecule has 0 atom stereocenters. The number of pyridine rings is 1. The van der Waals surface area contributed by atoms with Gasteiger partial charge in [0, 0.05) is 6.20 Å². The summed E-state index contributed by atoms with van der Waals surface area (Å²) in [5, 5.41) is 4.87. The number of hydrogen-bond donors (Lipinski definition) is 0. The summed E-state index contributed by atoms with van der Waals surface area (Å²) in [7, 11) is 0. The number of carbonyl (C=O) groups excluding carboxylic acids is 1. The Morgan fingerprint density at radius 1 is 1.26 bits per heavy atom. The molecule has 116 valence electrons. The van der Waals surface area contributed by atoms with Crippen LogP contribution in [0.1, 0.15) is 41.1 Å². The number of hydrogen-bond acceptors (Lipinski definition) is 3. The van der Waals surface area contributed by atoms with Crippen LogP contribution in [0.3, 0.4) is 0 Å². The van der Waals surface area contributed by atoms with E-state index in [9.17, 15) is 4.79 Å². The first-order valence-electron chi connectivity index (χ1n) is 7.49. The Morgan fingerprint density at radius 2 is 2.09 bits per heavy atom. The van der Waals surface area contributed by atoms with E-state index in [-0.39, 0.29) is 5.91 Å². The lowest BCUT2D eigenvalue weighted by Gasteiger charge is -2.27. The molecule has 6 heteroatoms. The fourth-order valence-corrected chi connectivity index (χ4v) is 3.90. The van der Waals surface area contributed by atoms with Crippen molar-refractivity contribution in [1.29, 1.82) is 0 Å². The maximum Gasteiger partial charge on any atom is 0.280 e. The zero-order valence-corrected chi connectivity index (χ0v) is 15.1. The number of halogens is 2. The average Bonchev–Trinajstić information content (AvgIpc) is 2.83. The third kappa shape index (κ3) is 2.46. The molecule has 0 unspecified atom stereocenters. The molecule has 0 spiro atoms. The van der Waals surface area contributed by atoms with Crippen molar-refractivity contribution in [2.24, 2.45) is 0 Å². The van der Waals surface area contributed by atoms with E-state index in [0.717, 1.165) is 23.9 Å². The van der Waals surface area contributed by atoms with E-state index in [1.165, 1.54) is 11.1 Å². The minimum atomic E-state index is -0.182. The summed E-state index contributed by atoms with van der Waals surface area (Å²) in [5.41, 5.74) is 3.06. The Bertz CT molecular complexity index is 917. The van der Waals surface area contributed by atoms with Gasteiger partial charge < -0.3 is 0 Å². The molecular formula is C17H13ClIN3O. The molecule has 23 heavy (non-hydrogen) atoms. The van der Waals surface area contributed by atoms with E-state index in [1.54, 1.807) is 12.3 Å². The molecule has 3 aromatic rings. The van der Waals surface area contributed by atoms with Gasteiger partial charge in [0.15, 0.2) is 0 Å². The third-order valence-electron chi connectivity index (χ3n) is 4.39. The average molecular weight is 438 g/mol. The SMILES string of the molecule is O=C(c1c(Cl)cccc1C1CCC1)n1nc(I)c2ncccc21. The molecule has 0 amide bonds. The van der Waals surface area contributed by atoms with Gasteiger partial charge in [-0.2, -0.15) is 9.78 Å². The molecule has 1 aliphatic rings. The number of nitrogens with zero attached hydrogens (tertiary/aromatic N) is 3. The van der Waals surface area contributed by atoms with Gasteiger partial charge in [0.2, 0.25) is 0 Å². The second-order valence-corrected chi connectivity index (χ2v) is 7.14. The van der Waals surface area contributed by atoms with Crippen molar-refractivity contribution in [3.8, 4) is 0 Å². The van der Waals surface area contributed by atoms with Crippen LogP contribution in [0.2, 0.25) is 5.02 Å². The van der Waals surface area contributed by atoms with Crippen molar-refractivity contribution in [3.63, 3.8) is 0 Å². The van der Waals surface area contributed by atoms with E-state index in [1.807, 2.05) is 24.3 Å². The number of rotatable bonds is 2. The lowest BCUT2D eigenvalue weighted by atomic mass is 9.78. The highest BCUT2D eigenvalue weighted by Crippen LogP contribution is 2.40. The van der Waals surface area contributed by atoms with E-state index in [0.29, 0.717) is 25.7 Å². The first-order valence-corrected chi connectivity index (χ1v) is 8.95. The maximum absolute atomic E-state index is 13.1. The first kappa shape index (κ1) is 15.1. The molecule has 0 aliphatic heterocycles. The monoisotopic (exact) mass is 437 g/mol. The second kappa shape index (κ2) is 5.87. The molecule has 1 fully saturated rings. The van der Waals surface area contributed by atoms with Crippen molar-refractivity contribution in [3.05, 3.63) is 56.4 Å². The first-order chi connectivity index (χ1) is 11.2. The van der Waals surface area contributed by atoms with Gasteiger partial charge in [-0.3, -0.25) is 9.78 Å². The Hall–Kier alpha value is -1.47. The van der Waals surface area contributed by atoms with Crippen molar-refractivity contribution in [2.75, 3.05) is 0 Å². The fraction of sp³-hybridized carbons (Fsp3) is 0.235. The Kier molecular flexibility index (Phi) is 3.85. The molecule has 1 aromatic carbocycles. The molecule has 2 heterocycles. The van der Waals surface area contributed by atoms with E-state index >= 15 is 0 Å². The van der Waals surface area contributed by atoms with Gasteiger partial charge >= 0.3 is 0 Å². The van der Waals surface area contributed by atoms with Crippen LogP contribution in [0.25, 0.3) is 11.0 Å². The topological polar surface area (TPSA) is 47.8 Å². The summed E-state index contributed by atoms with van der Waals surface area (Å²) in [6.45, 7) is 0. The predicted octanol–water partition coefficient (Wildman–Crippen LogP) is 4.65. The summed E-state index contributed by atoms with van der Waals surface area (Å²) in [6, 6.07) is 9.36. The van der Waals surface area contributed by atoms with Crippen molar-refractivity contribution >= 4 is 51.1 Å². The summed E-state index contributed by atoms with van der Waals surface area (Å²) < 4.78 is 2.14. The zero-order valence-electron chi connectivity index (χ0n) is 12.2. The fourth-order valence-electron chi connectivity index (χ4n) is 3.00. The van der Waals surface area contributed by atoms with Crippen LogP contribution in [-0.4, -0.2) is 20.7 Å². The van der Waals surface area contributed by atoms with Crippen LogP contribution in [0.5, 0.6) is 0 Å². The van der Waals surface area contributed by atoms with Crippen molar-refractivity contribution < 1.29 is 4.79 Å². The summed E-state index contributed by atoms with van der Waals surface area (Å²) in [6.07, 6.45) is 5.13. The Balaban J connectivity index is 1.89. The van der Waals surface area contributed by atoms with Gasteiger partial charge in [0.05, 0.1) is 16.1 Å². The standard InChI is InChI=1S/C17H13ClIN3O/c18-12-7-2-6-11(10-4-1-5-10)14(12)17(23)22-13-8-3-9-20-15(13)16(19)21-22/h2-3,6-10H,1,4-5H2. The normalized spacial score (nSPS) is 14.9. The minimum absolute atomic E-state index is 0.182. The van der Waals surface area contributed by atoms with E-state index in [4.69, 9.17) is 11.6 Å². The van der Waals surface area contributed by atoms with Crippen molar-refractivity contribution in [1.82, 2.24) is 14.8 Å².